The van der Waals surface area contributed by atoms with Crippen molar-refractivity contribution in [2.75, 3.05) is 12.4 Å². The molecule has 0 aliphatic carbocycles. The van der Waals surface area contributed by atoms with Crippen LogP contribution < -0.4 is 10.6 Å². The predicted molar refractivity (Wildman–Crippen MR) is 70.2 cm³/mol. The van der Waals surface area contributed by atoms with E-state index in [2.05, 4.69) is 10.6 Å². The lowest BCUT2D eigenvalue weighted by atomic mass is 9.85. The summed E-state index contributed by atoms with van der Waals surface area (Å²) in [5.41, 5.74) is 1.56. The minimum Gasteiger partial charge on any atom is -0.465 e. The summed E-state index contributed by atoms with van der Waals surface area (Å²) >= 11 is 0. The second-order valence-electron chi connectivity index (χ2n) is 5.06. The molecule has 0 atom stereocenters. The minimum atomic E-state index is -1.15. The molecular formula is C13H18N2O3. The molecule has 3 N–H and O–H groups in total. The van der Waals surface area contributed by atoms with Crippen LogP contribution in [0.5, 0.6) is 0 Å². The highest BCUT2D eigenvalue weighted by atomic mass is 16.4. The standard InChI is InChI=1S/C13H18N2O3/c1-13(2,3)9-5-8(11(16)14-4)6-10(7-9)15-12(17)18/h5-7,15H,1-4H3,(H,14,16)(H,17,18). The average Bonchev–Trinajstić information content (AvgIpc) is 2.25. The molecule has 18 heavy (non-hydrogen) atoms. The third kappa shape index (κ3) is 3.48. The van der Waals surface area contributed by atoms with Crippen molar-refractivity contribution >= 4 is 17.7 Å². The summed E-state index contributed by atoms with van der Waals surface area (Å²) < 4.78 is 0. The van der Waals surface area contributed by atoms with Crippen molar-refractivity contribution in [1.82, 2.24) is 5.32 Å². The Balaban J connectivity index is 3.28. The van der Waals surface area contributed by atoms with Crippen LogP contribution in [-0.2, 0) is 5.41 Å². The molecule has 0 aliphatic heterocycles. The molecule has 5 nitrogen and oxygen atoms in total. The van der Waals surface area contributed by atoms with Crippen LogP contribution in [0.4, 0.5) is 10.5 Å². The molecule has 1 aromatic carbocycles. The van der Waals surface area contributed by atoms with Gasteiger partial charge in [0.15, 0.2) is 0 Å². The minimum absolute atomic E-state index is 0.168. The number of hydrogen-bond acceptors (Lipinski definition) is 2. The normalized spacial score (nSPS) is 10.9. The van der Waals surface area contributed by atoms with E-state index in [0.717, 1.165) is 5.56 Å². The smallest absolute Gasteiger partial charge is 0.409 e. The molecule has 0 bridgehead atoms. The molecule has 0 radical (unpaired) electrons. The summed E-state index contributed by atoms with van der Waals surface area (Å²) in [6.45, 7) is 6.00. The maximum atomic E-state index is 11.6. The Morgan fingerprint density at radius 2 is 1.78 bits per heavy atom. The summed E-state index contributed by atoms with van der Waals surface area (Å²) in [6, 6.07) is 5.02. The molecule has 1 aromatic rings. The van der Waals surface area contributed by atoms with E-state index in [1.807, 2.05) is 20.8 Å². The fraction of sp³-hybridized carbons (Fsp3) is 0.385. The monoisotopic (exact) mass is 250 g/mol. The van der Waals surface area contributed by atoms with Gasteiger partial charge in [0.25, 0.3) is 5.91 Å². The van der Waals surface area contributed by atoms with Gasteiger partial charge in [-0.3, -0.25) is 10.1 Å². The van der Waals surface area contributed by atoms with Crippen molar-refractivity contribution < 1.29 is 14.7 Å². The van der Waals surface area contributed by atoms with Gasteiger partial charge in [0.1, 0.15) is 0 Å². The molecule has 0 fully saturated rings. The number of anilines is 1. The topological polar surface area (TPSA) is 78.4 Å². The number of amides is 2. The summed E-state index contributed by atoms with van der Waals surface area (Å²) in [5, 5.41) is 13.5. The lowest BCUT2D eigenvalue weighted by molar-refractivity contribution is 0.0963. The van der Waals surface area contributed by atoms with E-state index in [-0.39, 0.29) is 11.3 Å². The summed E-state index contributed by atoms with van der Waals surface area (Å²) in [6.07, 6.45) is -1.15. The van der Waals surface area contributed by atoms with Crippen LogP contribution in [-0.4, -0.2) is 24.2 Å². The summed E-state index contributed by atoms with van der Waals surface area (Å²) in [4.78, 5) is 22.3. The SMILES string of the molecule is CNC(=O)c1cc(NC(=O)O)cc(C(C)(C)C)c1. The zero-order valence-electron chi connectivity index (χ0n) is 11.0. The molecule has 5 heteroatoms. The Hall–Kier alpha value is -2.04. The molecule has 0 spiro atoms. The molecule has 0 saturated carbocycles. The number of hydrogen-bond donors (Lipinski definition) is 3. The Morgan fingerprint density at radius 1 is 1.17 bits per heavy atom. The molecule has 98 valence electrons. The number of rotatable bonds is 2. The van der Waals surface area contributed by atoms with E-state index >= 15 is 0 Å². The Kier molecular flexibility index (Phi) is 3.96. The zero-order chi connectivity index (χ0) is 13.9. The van der Waals surface area contributed by atoms with Crippen LogP contribution >= 0.6 is 0 Å². The van der Waals surface area contributed by atoms with E-state index < -0.39 is 6.09 Å². The largest absolute Gasteiger partial charge is 0.465 e. The maximum absolute atomic E-state index is 11.6. The van der Waals surface area contributed by atoms with Crippen LogP contribution in [0.1, 0.15) is 36.7 Å². The highest BCUT2D eigenvalue weighted by Crippen LogP contribution is 2.26. The molecule has 0 unspecified atom stereocenters. The van der Waals surface area contributed by atoms with Gasteiger partial charge in [-0.25, -0.2) is 4.79 Å². The van der Waals surface area contributed by atoms with Gasteiger partial charge >= 0.3 is 6.09 Å². The summed E-state index contributed by atoms with van der Waals surface area (Å²) in [7, 11) is 1.54. The van der Waals surface area contributed by atoms with Crippen molar-refractivity contribution in [2.45, 2.75) is 26.2 Å². The average molecular weight is 250 g/mol. The predicted octanol–water partition coefficient (Wildman–Crippen LogP) is 2.43. The fourth-order valence-electron chi connectivity index (χ4n) is 1.53. The zero-order valence-corrected chi connectivity index (χ0v) is 11.0. The summed E-state index contributed by atoms with van der Waals surface area (Å²) in [5.74, 6) is -0.241. The lowest BCUT2D eigenvalue weighted by Crippen LogP contribution is -2.20. The third-order valence-electron chi connectivity index (χ3n) is 2.54. The lowest BCUT2D eigenvalue weighted by Gasteiger charge is -2.21. The van der Waals surface area contributed by atoms with Gasteiger partial charge in [0.2, 0.25) is 0 Å². The quantitative estimate of drug-likeness (QED) is 0.754. The molecule has 1 rings (SSSR count). The molecule has 0 aliphatic rings. The van der Waals surface area contributed by atoms with Crippen molar-refractivity contribution in [2.24, 2.45) is 0 Å². The molecular weight excluding hydrogens is 232 g/mol. The van der Waals surface area contributed by atoms with Gasteiger partial charge in [0.05, 0.1) is 0 Å². The first kappa shape index (κ1) is 14.0. The van der Waals surface area contributed by atoms with Crippen LogP contribution in [0.2, 0.25) is 0 Å². The number of carbonyl (C=O) groups excluding carboxylic acids is 1. The fourth-order valence-corrected chi connectivity index (χ4v) is 1.53. The molecule has 0 saturated heterocycles. The molecule has 2 amide bonds. The van der Waals surface area contributed by atoms with Gasteiger partial charge in [-0.2, -0.15) is 0 Å². The van der Waals surface area contributed by atoms with E-state index in [9.17, 15) is 9.59 Å². The number of carboxylic acid groups (broad SMARTS) is 1. The van der Waals surface area contributed by atoms with Crippen LogP contribution in [0.25, 0.3) is 0 Å². The Labute approximate surface area is 106 Å². The highest BCUT2D eigenvalue weighted by molar-refractivity contribution is 5.96. The second-order valence-corrected chi connectivity index (χ2v) is 5.06. The van der Waals surface area contributed by atoms with E-state index in [1.165, 1.54) is 13.1 Å². The second kappa shape index (κ2) is 5.08. The van der Waals surface area contributed by atoms with Crippen LogP contribution in [0, 0.1) is 0 Å². The first-order valence-electron chi connectivity index (χ1n) is 5.61. The van der Waals surface area contributed by atoms with Crippen molar-refractivity contribution in [3.8, 4) is 0 Å². The number of nitrogens with one attached hydrogen (secondary N) is 2. The van der Waals surface area contributed by atoms with Crippen molar-refractivity contribution in [1.29, 1.82) is 0 Å². The van der Waals surface area contributed by atoms with Gasteiger partial charge in [-0.05, 0) is 29.2 Å². The van der Waals surface area contributed by atoms with Gasteiger partial charge < -0.3 is 10.4 Å². The first-order chi connectivity index (χ1) is 8.24. The number of benzene rings is 1. The molecule has 0 heterocycles. The Bertz CT molecular complexity index is 476. The van der Waals surface area contributed by atoms with Crippen molar-refractivity contribution in [3.05, 3.63) is 29.3 Å². The number of carbonyl (C=O) groups is 2. The van der Waals surface area contributed by atoms with Crippen molar-refractivity contribution in [3.63, 3.8) is 0 Å². The maximum Gasteiger partial charge on any atom is 0.409 e. The van der Waals surface area contributed by atoms with Crippen LogP contribution in [0.15, 0.2) is 18.2 Å². The van der Waals surface area contributed by atoms with Gasteiger partial charge in [0, 0.05) is 18.3 Å². The highest BCUT2D eigenvalue weighted by Gasteiger charge is 2.17. The van der Waals surface area contributed by atoms with Gasteiger partial charge in [-0.15, -0.1) is 0 Å². The van der Waals surface area contributed by atoms with E-state index in [4.69, 9.17) is 5.11 Å². The Morgan fingerprint density at radius 3 is 2.22 bits per heavy atom. The van der Waals surface area contributed by atoms with E-state index in [0.29, 0.717) is 11.3 Å². The van der Waals surface area contributed by atoms with Crippen LogP contribution in [0.3, 0.4) is 0 Å². The molecule has 0 aromatic heterocycles. The van der Waals surface area contributed by atoms with E-state index in [1.54, 1.807) is 12.1 Å². The first-order valence-corrected chi connectivity index (χ1v) is 5.61. The van der Waals surface area contributed by atoms with Gasteiger partial charge in [-0.1, -0.05) is 20.8 Å². The third-order valence-corrected chi connectivity index (χ3v) is 2.54.